The van der Waals surface area contributed by atoms with Crippen molar-refractivity contribution in [1.29, 1.82) is 0 Å². The molecule has 1 N–H and O–H groups in total. The molecule has 1 rings (SSSR count). The fraction of sp³-hybridized carbons (Fsp3) is 0.231. The lowest BCUT2D eigenvalue weighted by Crippen LogP contribution is -2.10. The third-order valence-corrected chi connectivity index (χ3v) is 2.10. The Kier molecular flexibility index (Phi) is 4.46. The molecule has 0 aliphatic carbocycles. The number of hydrogen-bond acceptors (Lipinski definition) is 4. The summed E-state index contributed by atoms with van der Waals surface area (Å²) < 4.78 is 4.81. The van der Waals surface area contributed by atoms with Crippen LogP contribution in [0.5, 0.6) is 5.75 Å². The van der Waals surface area contributed by atoms with E-state index in [2.05, 4.69) is 6.58 Å². The Bertz CT molecular complexity index is 431. The van der Waals surface area contributed by atoms with Crippen LogP contribution in [-0.2, 0) is 9.53 Å². The number of carbonyl (C=O) groups excluding carboxylic acids is 2. The van der Waals surface area contributed by atoms with Crippen LogP contribution in [0.15, 0.2) is 36.4 Å². The van der Waals surface area contributed by atoms with Crippen molar-refractivity contribution in [3.63, 3.8) is 0 Å². The molecule has 4 heteroatoms. The number of aromatic hydroxyl groups is 1. The van der Waals surface area contributed by atoms with E-state index in [0.29, 0.717) is 11.1 Å². The number of phenolic OH excluding ortho intramolecular Hbond substituents is 1. The zero-order valence-corrected chi connectivity index (χ0v) is 9.60. The topological polar surface area (TPSA) is 63.6 Å². The van der Waals surface area contributed by atoms with Crippen molar-refractivity contribution in [2.24, 2.45) is 0 Å². The summed E-state index contributed by atoms with van der Waals surface area (Å²) in [5.41, 5.74) is 0.788. The summed E-state index contributed by atoms with van der Waals surface area (Å²) in [5.74, 6) is -0.529. The Morgan fingerprint density at radius 3 is 2.41 bits per heavy atom. The second-order valence-electron chi connectivity index (χ2n) is 3.64. The summed E-state index contributed by atoms with van der Waals surface area (Å²) in [4.78, 5) is 22.7. The highest BCUT2D eigenvalue weighted by atomic mass is 16.5. The van der Waals surface area contributed by atoms with Crippen LogP contribution in [0.2, 0.25) is 0 Å². The largest absolute Gasteiger partial charge is 0.508 e. The summed E-state index contributed by atoms with van der Waals surface area (Å²) in [6, 6.07) is 5.93. The van der Waals surface area contributed by atoms with Crippen molar-refractivity contribution in [1.82, 2.24) is 0 Å². The van der Waals surface area contributed by atoms with Crippen LogP contribution >= 0.6 is 0 Å². The van der Waals surface area contributed by atoms with Gasteiger partial charge in [0.25, 0.3) is 0 Å². The van der Waals surface area contributed by atoms with Crippen LogP contribution in [0.4, 0.5) is 0 Å². The maximum absolute atomic E-state index is 11.6. The van der Waals surface area contributed by atoms with Crippen molar-refractivity contribution < 1.29 is 19.4 Å². The van der Waals surface area contributed by atoms with E-state index in [4.69, 9.17) is 9.84 Å². The van der Waals surface area contributed by atoms with E-state index < -0.39 is 5.97 Å². The lowest BCUT2D eigenvalue weighted by atomic mass is 10.1. The van der Waals surface area contributed by atoms with Gasteiger partial charge in [-0.15, -0.1) is 0 Å². The van der Waals surface area contributed by atoms with Gasteiger partial charge < -0.3 is 9.84 Å². The number of benzene rings is 1. The molecule has 0 radical (unpaired) electrons. The van der Waals surface area contributed by atoms with Gasteiger partial charge in [-0.1, -0.05) is 6.58 Å². The van der Waals surface area contributed by atoms with E-state index in [1.807, 2.05) is 0 Å². The normalized spacial score (nSPS) is 9.71. The molecule has 0 atom stereocenters. The molecule has 0 saturated carbocycles. The van der Waals surface area contributed by atoms with E-state index in [9.17, 15) is 9.59 Å². The molecule has 0 unspecified atom stereocenters. The smallest absolute Gasteiger partial charge is 0.333 e. The SMILES string of the molecule is C=C(C)C(=O)OCCC(=O)c1ccc(O)cc1. The van der Waals surface area contributed by atoms with Gasteiger partial charge in [0.2, 0.25) is 0 Å². The molecular weight excluding hydrogens is 220 g/mol. The first kappa shape index (κ1) is 13.0. The third-order valence-electron chi connectivity index (χ3n) is 2.10. The quantitative estimate of drug-likeness (QED) is 0.481. The summed E-state index contributed by atoms with van der Waals surface area (Å²) in [5, 5.41) is 9.06. The van der Waals surface area contributed by atoms with Gasteiger partial charge in [-0.25, -0.2) is 4.79 Å². The van der Waals surface area contributed by atoms with Crippen LogP contribution in [-0.4, -0.2) is 23.5 Å². The Labute approximate surface area is 99.5 Å². The first-order valence-electron chi connectivity index (χ1n) is 5.15. The van der Waals surface area contributed by atoms with E-state index in [0.717, 1.165) is 0 Å². The zero-order valence-electron chi connectivity index (χ0n) is 9.60. The average Bonchev–Trinajstić information content (AvgIpc) is 2.29. The number of ketones is 1. The fourth-order valence-electron chi connectivity index (χ4n) is 1.15. The Morgan fingerprint density at radius 2 is 1.88 bits per heavy atom. The molecule has 0 spiro atoms. The molecule has 0 fully saturated rings. The summed E-state index contributed by atoms with van der Waals surface area (Å²) in [6.07, 6.45) is 0.115. The highest BCUT2D eigenvalue weighted by molar-refractivity contribution is 5.96. The minimum atomic E-state index is -0.497. The Morgan fingerprint density at radius 1 is 1.29 bits per heavy atom. The predicted octanol–water partition coefficient (Wildman–Crippen LogP) is 2.08. The molecule has 1 aromatic carbocycles. The van der Waals surface area contributed by atoms with Crippen molar-refractivity contribution >= 4 is 11.8 Å². The maximum atomic E-state index is 11.6. The van der Waals surface area contributed by atoms with Crippen LogP contribution in [0.1, 0.15) is 23.7 Å². The predicted molar refractivity (Wildman–Crippen MR) is 62.8 cm³/mol. The number of Topliss-reactive ketones (excluding diaryl/α,β-unsaturated/α-hetero) is 1. The molecule has 0 aliphatic heterocycles. The zero-order chi connectivity index (χ0) is 12.8. The highest BCUT2D eigenvalue weighted by Crippen LogP contribution is 2.11. The molecule has 17 heavy (non-hydrogen) atoms. The molecule has 0 amide bonds. The fourth-order valence-corrected chi connectivity index (χ4v) is 1.15. The molecule has 0 heterocycles. The van der Waals surface area contributed by atoms with Gasteiger partial charge in [0.05, 0.1) is 6.61 Å². The lowest BCUT2D eigenvalue weighted by molar-refractivity contribution is -0.138. The lowest BCUT2D eigenvalue weighted by Gasteiger charge is -2.04. The van der Waals surface area contributed by atoms with Gasteiger partial charge in [0, 0.05) is 17.6 Å². The van der Waals surface area contributed by atoms with Crippen LogP contribution in [0.25, 0.3) is 0 Å². The van der Waals surface area contributed by atoms with Gasteiger partial charge in [0.15, 0.2) is 5.78 Å². The number of ether oxygens (including phenoxy) is 1. The number of esters is 1. The van der Waals surface area contributed by atoms with E-state index in [1.54, 1.807) is 6.92 Å². The van der Waals surface area contributed by atoms with Gasteiger partial charge >= 0.3 is 5.97 Å². The minimum Gasteiger partial charge on any atom is -0.508 e. The molecule has 0 aromatic heterocycles. The van der Waals surface area contributed by atoms with Crippen molar-refractivity contribution in [2.75, 3.05) is 6.61 Å². The minimum absolute atomic E-state index is 0.0331. The Balaban J connectivity index is 2.43. The second kappa shape index (κ2) is 5.84. The van der Waals surface area contributed by atoms with Crippen molar-refractivity contribution in [3.8, 4) is 5.75 Å². The first-order valence-corrected chi connectivity index (χ1v) is 5.15. The number of carbonyl (C=O) groups is 2. The summed E-state index contributed by atoms with van der Waals surface area (Å²) in [7, 11) is 0. The van der Waals surface area contributed by atoms with Crippen LogP contribution in [0, 0.1) is 0 Å². The molecular formula is C13H14O4. The van der Waals surface area contributed by atoms with E-state index >= 15 is 0 Å². The molecule has 4 nitrogen and oxygen atoms in total. The van der Waals surface area contributed by atoms with Crippen LogP contribution < -0.4 is 0 Å². The second-order valence-corrected chi connectivity index (χ2v) is 3.64. The average molecular weight is 234 g/mol. The monoisotopic (exact) mass is 234 g/mol. The summed E-state index contributed by atoms with van der Waals surface area (Å²) in [6.45, 7) is 5.01. The first-order chi connectivity index (χ1) is 8.00. The number of rotatable bonds is 5. The van der Waals surface area contributed by atoms with Crippen LogP contribution in [0.3, 0.4) is 0 Å². The van der Waals surface area contributed by atoms with Gasteiger partial charge in [0.1, 0.15) is 5.75 Å². The van der Waals surface area contributed by atoms with Gasteiger partial charge in [-0.2, -0.15) is 0 Å². The third kappa shape index (κ3) is 4.10. The standard InChI is InChI=1S/C13H14O4/c1-9(2)13(16)17-8-7-12(15)10-3-5-11(14)6-4-10/h3-6,14H,1,7-8H2,2H3. The summed E-state index contributed by atoms with van der Waals surface area (Å²) >= 11 is 0. The van der Waals surface area contributed by atoms with E-state index in [1.165, 1.54) is 24.3 Å². The molecule has 1 aromatic rings. The molecule has 0 aliphatic rings. The van der Waals surface area contributed by atoms with Crippen molar-refractivity contribution in [2.45, 2.75) is 13.3 Å². The molecule has 90 valence electrons. The van der Waals surface area contributed by atoms with Gasteiger partial charge in [-0.05, 0) is 31.2 Å². The molecule has 0 bridgehead atoms. The van der Waals surface area contributed by atoms with Gasteiger partial charge in [-0.3, -0.25) is 4.79 Å². The Hall–Kier alpha value is -2.10. The maximum Gasteiger partial charge on any atom is 0.333 e. The molecule has 0 saturated heterocycles. The number of phenols is 1. The number of hydrogen-bond donors (Lipinski definition) is 1. The highest BCUT2D eigenvalue weighted by Gasteiger charge is 2.08. The van der Waals surface area contributed by atoms with E-state index in [-0.39, 0.29) is 24.6 Å². The van der Waals surface area contributed by atoms with Crippen molar-refractivity contribution in [3.05, 3.63) is 42.0 Å².